The summed E-state index contributed by atoms with van der Waals surface area (Å²) in [5, 5.41) is 0. The minimum absolute atomic E-state index is 0.0320. The van der Waals surface area contributed by atoms with Crippen LogP contribution in [0, 0.1) is 31.3 Å². The first-order valence-electron chi connectivity index (χ1n) is 4.09. The third-order valence-corrected chi connectivity index (χ3v) is 2.12. The van der Waals surface area contributed by atoms with Crippen LogP contribution in [0.15, 0.2) is 12.7 Å². The van der Waals surface area contributed by atoms with Crippen molar-refractivity contribution < 1.29 is 13.2 Å². The molecule has 1 rings (SSSR count). The lowest BCUT2D eigenvalue weighted by Gasteiger charge is -2.09. The summed E-state index contributed by atoms with van der Waals surface area (Å²) in [5.74, 6) is -2.99. The second kappa shape index (κ2) is 3.86. The highest BCUT2D eigenvalue weighted by Crippen LogP contribution is 2.24. The Kier molecular flexibility index (Phi) is 2.99. The van der Waals surface area contributed by atoms with Crippen LogP contribution in [0.5, 0.6) is 0 Å². The van der Waals surface area contributed by atoms with Crippen molar-refractivity contribution in [3.05, 3.63) is 53.7 Å². The van der Waals surface area contributed by atoms with Crippen molar-refractivity contribution in [2.75, 3.05) is 0 Å². The zero-order chi connectivity index (χ0) is 10.9. The highest BCUT2D eigenvalue weighted by Gasteiger charge is 2.19. The zero-order valence-electron chi connectivity index (χ0n) is 7.83. The van der Waals surface area contributed by atoms with E-state index in [1.807, 2.05) is 0 Å². The Balaban J connectivity index is 3.50. The van der Waals surface area contributed by atoms with Crippen molar-refractivity contribution in [1.29, 1.82) is 0 Å². The fourth-order valence-electron chi connectivity index (χ4n) is 1.21. The highest BCUT2D eigenvalue weighted by molar-refractivity contribution is 5.38. The van der Waals surface area contributed by atoms with Crippen LogP contribution in [0.25, 0.3) is 0 Å². The number of hydrogen-bond acceptors (Lipinski definition) is 0. The Bertz CT molecular complexity index is 352. The molecule has 3 heteroatoms. The van der Waals surface area contributed by atoms with Gasteiger partial charge in [-0.3, -0.25) is 0 Å². The van der Waals surface area contributed by atoms with Gasteiger partial charge in [0.15, 0.2) is 11.6 Å². The van der Waals surface area contributed by atoms with E-state index in [0.29, 0.717) is 0 Å². The first kappa shape index (κ1) is 10.8. The summed E-state index contributed by atoms with van der Waals surface area (Å²) in [7, 11) is 0. The molecule has 0 aromatic heterocycles. The van der Waals surface area contributed by atoms with Gasteiger partial charge in [-0.2, -0.15) is 0 Å². The van der Waals surface area contributed by atoms with Gasteiger partial charge in [0.05, 0.1) is 0 Å². The van der Waals surface area contributed by atoms with Crippen molar-refractivity contribution in [1.82, 2.24) is 0 Å². The lowest BCUT2D eigenvalue weighted by Crippen LogP contribution is -2.04. The molecule has 0 unspecified atom stereocenters. The number of hydrogen-bond donors (Lipinski definition) is 0. The van der Waals surface area contributed by atoms with Gasteiger partial charge >= 0.3 is 0 Å². The molecule has 1 radical (unpaired) electrons. The molecule has 1 aromatic carbocycles. The summed E-state index contributed by atoms with van der Waals surface area (Å²) in [4.78, 5) is 0. The van der Waals surface area contributed by atoms with E-state index < -0.39 is 17.5 Å². The Labute approximate surface area is 81.1 Å². The van der Waals surface area contributed by atoms with Gasteiger partial charge in [0.25, 0.3) is 0 Å². The summed E-state index contributed by atoms with van der Waals surface area (Å²) in [6.07, 6.45) is 1.29. The van der Waals surface area contributed by atoms with E-state index in [9.17, 15) is 13.2 Å². The average molecular weight is 199 g/mol. The summed E-state index contributed by atoms with van der Waals surface area (Å²) >= 11 is 0. The van der Waals surface area contributed by atoms with E-state index in [1.54, 1.807) is 0 Å². The molecule has 0 N–H and O–H groups in total. The maximum Gasteiger partial charge on any atom is 0.165 e. The Morgan fingerprint density at radius 3 is 2.21 bits per heavy atom. The van der Waals surface area contributed by atoms with Crippen LogP contribution in [-0.2, 0) is 6.42 Å². The SMILES string of the molecule is [CH2]c1c(C)c(F)c(CC=C)c(F)c1F. The van der Waals surface area contributed by atoms with E-state index in [2.05, 4.69) is 13.5 Å². The molecule has 0 amide bonds. The van der Waals surface area contributed by atoms with Gasteiger partial charge in [-0.05, 0) is 31.4 Å². The molecule has 0 saturated heterocycles. The maximum absolute atomic E-state index is 13.4. The number of halogens is 3. The highest BCUT2D eigenvalue weighted by atomic mass is 19.2. The molecule has 0 nitrogen and oxygen atoms in total. The van der Waals surface area contributed by atoms with Gasteiger partial charge < -0.3 is 0 Å². The van der Waals surface area contributed by atoms with Crippen molar-refractivity contribution in [3.63, 3.8) is 0 Å². The van der Waals surface area contributed by atoms with Crippen LogP contribution in [0.3, 0.4) is 0 Å². The summed E-state index contributed by atoms with van der Waals surface area (Å²) in [6.45, 7) is 7.98. The number of rotatable bonds is 2. The van der Waals surface area contributed by atoms with E-state index in [1.165, 1.54) is 13.0 Å². The lowest BCUT2D eigenvalue weighted by atomic mass is 10.0. The predicted octanol–water partition coefficient (Wildman–Crippen LogP) is 3.32. The van der Waals surface area contributed by atoms with Crippen molar-refractivity contribution in [3.8, 4) is 0 Å². The fraction of sp³-hybridized carbons (Fsp3) is 0.182. The van der Waals surface area contributed by atoms with Crippen molar-refractivity contribution >= 4 is 0 Å². The first-order chi connectivity index (χ1) is 6.50. The summed E-state index contributed by atoms with van der Waals surface area (Å²) in [6, 6.07) is 0. The first-order valence-corrected chi connectivity index (χ1v) is 4.09. The molecule has 0 spiro atoms. The van der Waals surface area contributed by atoms with Gasteiger partial charge in [0.2, 0.25) is 0 Å². The van der Waals surface area contributed by atoms with E-state index in [4.69, 9.17) is 0 Å². The predicted molar refractivity (Wildman–Crippen MR) is 49.4 cm³/mol. The standard InChI is InChI=1S/C11H10F3/c1-4-5-8-9(12)6(2)7(3)10(13)11(8)14/h4H,1,3,5H2,2H3. The molecule has 0 aliphatic rings. The smallest absolute Gasteiger partial charge is 0.165 e. The Hall–Kier alpha value is -1.25. The molecule has 0 bridgehead atoms. The molecule has 0 saturated carbocycles. The summed E-state index contributed by atoms with van der Waals surface area (Å²) in [5.41, 5.74) is -0.476. The molecule has 1 aromatic rings. The second-order valence-corrected chi connectivity index (χ2v) is 3.02. The third kappa shape index (κ3) is 1.54. The lowest BCUT2D eigenvalue weighted by molar-refractivity contribution is 0.477. The molecular weight excluding hydrogens is 189 g/mol. The van der Waals surface area contributed by atoms with Gasteiger partial charge in [0.1, 0.15) is 5.82 Å². The second-order valence-electron chi connectivity index (χ2n) is 3.02. The largest absolute Gasteiger partial charge is 0.206 e. The van der Waals surface area contributed by atoms with E-state index in [0.717, 1.165) is 0 Å². The normalized spacial score (nSPS) is 10.4. The van der Waals surface area contributed by atoms with Crippen LogP contribution in [-0.4, -0.2) is 0 Å². The average Bonchev–Trinajstić information content (AvgIpc) is 2.19. The number of benzene rings is 1. The molecular formula is C11H10F3. The van der Waals surface area contributed by atoms with Crippen molar-refractivity contribution in [2.24, 2.45) is 0 Å². The quantitative estimate of drug-likeness (QED) is 0.506. The molecule has 0 aliphatic heterocycles. The van der Waals surface area contributed by atoms with Gasteiger partial charge in [-0.25, -0.2) is 13.2 Å². The maximum atomic E-state index is 13.4. The monoisotopic (exact) mass is 199 g/mol. The van der Waals surface area contributed by atoms with Crippen molar-refractivity contribution in [2.45, 2.75) is 13.3 Å². The Morgan fingerprint density at radius 2 is 1.71 bits per heavy atom. The molecule has 0 aliphatic carbocycles. The molecule has 14 heavy (non-hydrogen) atoms. The van der Waals surface area contributed by atoms with Crippen LogP contribution in [0.1, 0.15) is 16.7 Å². The Morgan fingerprint density at radius 1 is 1.14 bits per heavy atom. The topological polar surface area (TPSA) is 0 Å². The van der Waals surface area contributed by atoms with Crippen LogP contribution in [0.4, 0.5) is 13.2 Å². The van der Waals surface area contributed by atoms with Gasteiger partial charge in [-0.15, -0.1) is 6.58 Å². The van der Waals surface area contributed by atoms with Gasteiger partial charge in [0, 0.05) is 5.56 Å². The van der Waals surface area contributed by atoms with E-state index in [-0.39, 0.29) is 23.1 Å². The number of allylic oxidation sites excluding steroid dienone is 1. The summed E-state index contributed by atoms with van der Waals surface area (Å²) < 4.78 is 39.7. The zero-order valence-corrected chi connectivity index (χ0v) is 7.83. The third-order valence-electron chi connectivity index (χ3n) is 2.12. The van der Waals surface area contributed by atoms with Crippen LogP contribution >= 0.6 is 0 Å². The van der Waals surface area contributed by atoms with Crippen LogP contribution in [0.2, 0.25) is 0 Å². The van der Waals surface area contributed by atoms with E-state index >= 15 is 0 Å². The molecule has 0 heterocycles. The molecule has 0 fully saturated rings. The minimum Gasteiger partial charge on any atom is -0.206 e. The molecule has 75 valence electrons. The van der Waals surface area contributed by atoms with Gasteiger partial charge in [-0.1, -0.05) is 6.08 Å². The molecule has 0 atom stereocenters. The minimum atomic E-state index is -1.17. The van der Waals surface area contributed by atoms with Crippen LogP contribution < -0.4 is 0 Å². The fourth-order valence-corrected chi connectivity index (χ4v) is 1.21.